The molecule has 80 valence electrons. The molecule has 1 aromatic rings. The van der Waals surface area contributed by atoms with Crippen molar-refractivity contribution in [3.05, 3.63) is 60.7 Å². The number of aryl methyl sites for hydroxylation is 1. The molecule has 0 aliphatic carbocycles. The number of nitrogens with two attached hydrogens (primary N) is 1. The molecule has 1 heteroatoms. The predicted molar refractivity (Wildman–Crippen MR) is 66.7 cm³/mol. The van der Waals surface area contributed by atoms with Crippen LogP contribution >= 0.6 is 0 Å². The third-order valence-corrected chi connectivity index (χ3v) is 2.64. The van der Waals surface area contributed by atoms with Crippen LogP contribution in [-0.4, -0.2) is 0 Å². The Labute approximate surface area is 92.3 Å². The molecule has 15 heavy (non-hydrogen) atoms. The Morgan fingerprint density at radius 3 is 2.00 bits per heavy atom. The SMILES string of the molecule is C=CCC(N)(CC=C)c1ccc(C)cc1. The molecule has 0 heterocycles. The summed E-state index contributed by atoms with van der Waals surface area (Å²) in [5.74, 6) is 0. The third-order valence-electron chi connectivity index (χ3n) is 2.64. The molecule has 0 saturated carbocycles. The molecule has 0 atom stereocenters. The molecular weight excluding hydrogens is 182 g/mol. The molecule has 0 unspecified atom stereocenters. The van der Waals surface area contributed by atoms with Gasteiger partial charge in [0, 0.05) is 5.54 Å². The van der Waals surface area contributed by atoms with Gasteiger partial charge in [-0.25, -0.2) is 0 Å². The summed E-state index contributed by atoms with van der Waals surface area (Å²) in [6, 6.07) is 8.34. The highest BCUT2D eigenvalue weighted by Crippen LogP contribution is 2.26. The summed E-state index contributed by atoms with van der Waals surface area (Å²) in [6.07, 6.45) is 5.26. The summed E-state index contributed by atoms with van der Waals surface area (Å²) < 4.78 is 0. The van der Waals surface area contributed by atoms with Crippen molar-refractivity contribution >= 4 is 0 Å². The van der Waals surface area contributed by atoms with Gasteiger partial charge >= 0.3 is 0 Å². The van der Waals surface area contributed by atoms with Crippen LogP contribution in [0.2, 0.25) is 0 Å². The summed E-state index contributed by atoms with van der Waals surface area (Å²) in [6.45, 7) is 9.59. The predicted octanol–water partition coefficient (Wildman–Crippen LogP) is 3.30. The van der Waals surface area contributed by atoms with E-state index in [-0.39, 0.29) is 5.54 Å². The fourth-order valence-corrected chi connectivity index (χ4v) is 1.72. The average Bonchev–Trinajstić information content (AvgIpc) is 2.19. The summed E-state index contributed by atoms with van der Waals surface area (Å²) in [5, 5.41) is 0. The van der Waals surface area contributed by atoms with Gasteiger partial charge in [-0.2, -0.15) is 0 Å². The summed E-state index contributed by atoms with van der Waals surface area (Å²) in [5.41, 5.74) is 8.39. The van der Waals surface area contributed by atoms with E-state index in [9.17, 15) is 0 Å². The van der Waals surface area contributed by atoms with E-state index in [1.54, 1.807) is 0 Å². The van der Waals surface area contributed by atoms with Gasteiger partial charge in [0.15, 0.2) is 0 Å². The van der Waals surface area contributed by atoms with Crippen LogP contribution in [0.3, 0.4) is 0 Å². The van der Waals surface area contributed by atoms with Crippen molar-refractivity contribution in [2.75, 3.05) is 0 Å². The van der Waals surface area contributed by atoms with Gasteiger partial charge in [-0.3, -0.25) is 0 Å². The molecule has 0 bridgehead atoms. The minimum Gasteiger partial charge on any atom is -0.321 e. The number of rotatable bonds is 5. The second-order valence-electron chi connectivity index (χ2n) is 4.01. The topological polar surface area (TPSA) is 26.0 Å². The molecule has 0 spiro atoms. The van der Waals surface area contributed by atoms with E-state index in [0.717, 1.165) is 18.4 Å². The molecule has 0 saturated heterocycles. The maximum absolute atomic E-state index is 6.35. The zero-order valence-electron chi connectivity index (χ0n) is 9.37. The van der Waals surface area contributed by atoms with Crippen LogP contribution < -0.4 is 5.73 Å². The lowest BCUT2D eigenvalue weighted by Crippen LogP contribution is -2.35. The smallest absolute Gasteiger partial charge is 0.0479 e. The van der Waals surface area contributed by atoms with E-state index in [4.69, 9.17) is 5.73 Å². The summed E-state index contributed by atoms with van der Waals surface area (Å²) in [4.78, 5) is 0. The zero-order chi connectivity index (χ0) is 11.3. The fraction of sp³-hybridized carbons (Fsp3) is 0.286. The first kappa shape index (κ1) is 11.7. The second-order valence-corrected chi connectivity index (χ2v) is 4.01. The van der Waals surface area contributed by atoms with Crippen LogP contribution in [0.1, 0.15) is 24.0 Å². The standard InChI is InChI=1S/C14H19N/c1-4-10-14(15,11-5-2)13-8-6-12(3)7-9-13/h4-9H,1-2,10-11,15H2,3H3. The molecule has 0 amide bonds. The van der Waals surface area contributed by atoms with Gasteiger partial charge in [0.1, 0.15) is 0 Å². The largest absolute Gasteiger partial charge is 0.321 e. The number of hydrogen-bond donors (Lipinski definition) is 1. The van der Waals surface area contributed by atoms with Crippen LogP contribution in [0, 0.1) is 6.92 Å². The number of benzene rings is 1. The van der Waals surface area contributed by atoms with Crippen LogP contribution in [0.25, 0.3) is 0 Å². The maximum atomic E-state index is 6.35. The van der Waals surface area contributed by atoms with Gasteiger partial charge in [-0.15, -0.1) is 13.2 Å². The van der Waals surface area contributed by atoms with Gasteiger partial charge < -0.3 is 5.73 Å². The minimum absolute atomic E-state index is 0.350. The highest BCUT2D eigenvalue weighted by atomic mass is 14.7. The maximum Gasteiger partial charge on any atom is 0.0479 e. The molecular formula is C14H19N. The molecule has 0 aromatic heterocycles. The van der Waals surface area contributed by atoms with E-state index in [1.807, 2.05) is 12.2 Å². The van der Waals surface area contributed by atoms with Gasteiger partial charge in [0.2, 0.25) is 0 Å². The van der Waals surface area contributed by atoms with Gasteiger partial charge in [-0.05, 0) is 25.3 Å². The van der Waals surface area contributed by atoms with Crippen LogP contribution in [-0.2, 0) is 5.54 Å². The first-order chi connectivity index (χ1) is 7.12. The Morgan fingerprint density at radius 1 is 1.13 bits per heavy atom. The Kier molecular flexibility index (Phi) is 3.87. The summed E-state index contributed by atoms with van der Waals surface area (Å²) >= 11 is 0. The zero-order valence-corrected chi connectivity index (χ0v) is 9.37. The Bertz CT molecular complexity index is 325. The first-order valence-corrected chi connectivity index (χ1v) is 5.20. The Balaban J connectivity index is 3.02. The molecule has 1 nitrogen and oxygen atoms in total. The lowest BCUT2D eigenvalue weighted by atomic mass is 9.84. The lowest BCUT2D eigenvalue weighted by molar-refractivity contribution is 0.456. The molecule has 0 aliphatic heterocycles. The van der Waals surface area contributed by atoms with Crippen LogP contribution in [0.15, 0.2) is 49.6 Å². The highest BCUT2D eigenvalue weighted by Gasteiger charge is 2.23. The third kappa shape index (κ3) is 2.80. The van der Waals surface area contributed by atoms with Crippen molar-refractivity contribution in [2.45, 2.75) is 25.3 Å². The number of hydrogen-bond acceptors (Lipinski definition) is 1. The lowest BCUT2D eigenvalue weighted by Gasteiger charge is -2.27. The monoisotopic (exact) mass is 201 g/mol. The van der Waals surface area contributed by atoms with Gasteiger partial charge in [-0.1, -0.05) is 42.0 Å². The van der Waals surface area contributed by atoms with Crippen LogP contribution in [0.4, 0.5) is 0 Å². The Morgan fingerprint density at radius 2 is 1.60 bits per heavy atom. The van der Waals surface area contributed by atoms with Crippen molar-refractivity contribution in [3.63, 3.8) is 0 Å². The van der Waals surface area contributed by atoms with E-state index < -0.39 is 0 Å². The van der Waals surface area contributed by atoms with Gasteiger partial charge in [0.05, 0.1) is 0 Å². The second kappa shape index (κ2) is 4.94. The van der Waals surface area contributed by atoms with Crippen molar-refractivity contribution < 1.29 is 0 Å². The molecule has 1 aromatic carbocycles. The van der Waals surface area contributed by atoms with E-state index in [1.165, 1.54) is 5.56 Å². The molecule has 0 aliphatic rings. The minimum atomic E-state index is -0.350. The van der Waals surface area contributed by atoms with Gasteiger partial charge in [0.25, 0.3) is 0 Å². The molecule has 0 radical (unpaired) electrons. The average molecular weight is 201 g/mol. The highest BCUT2D eigenvalue weighted by molar-refractivity contribution is 5.29. The van der Waals surface area contributed by atoms with Crippen LogP contribution in [0.5, 0.6) is 0 Å². The fourth-order valence-electron chi connectivity index (χ4n) is 1.72. The summed E-state index contributed by atoms with van der Waals surface area (Å²) in [7, 11) is 0. The normalized spacial score (nSPS) is 11.1. The first-order valence-electron chi connectivity index (χ1n) is 5.20. The Hall–Kier alpha value is -1.34. The molecule has 0 fully saturated rings. The van der Waals surface area contributed by atoms with E-state index in [2.05, 4.69) is 44.3 Å². The van der Waals surface area contributed by atoms with E-state index in [0.29, 0.717) is 0 Å². The van der Waals surface area contributed by atoms with E-state index >= 15 is 0 Å². The quantitative estimate of drug-likeness (QED) is 0.727. The van der Waals surface area contributed by atoms with Crippen molar-refractivity contribution in [2.24, 2.45) is 5.73 Å². The van der Waals surface area contributed by atoms with Crippen molar-refractivity contribution in [1.82, 2.24) is 0 Å². The van der Waals surface area contributed by atoms with Crippen molar-refractivity contribution in [3.8, 4) is 0 Å². The molecule has 1 rings (SSSR count). The van der Waals surface area contributed by atoms with Crippen molar-refractivity contribution in [1.29, 1.82) is 0 Å². The molecule has 2 N–H and O–H groups in total.